The van der Waals surface area contributed by atoms with Crippen molar-refractivity contribution >= 4 is 74.3 Å². The monoisotopic (exact) mass is 856 g/mol. The Kier molecular flexibility index (Phi) is 26.7. The van der Waals surface area contributed by atoms with Crippen molar-refractivity contribution in [3.8, 4) is 0 Å². The Labute approximate surface area is 341 Å². The normalized spacial score (nSPS) is 11.2. The van der Waals surface area contributed by atoms with Gasteiger partial charge in [-0.05, 0) is 107 Å². The second-order valence-corrected chi connectivity index (χ2v) is 23.3. The first kappa shape index (κ1) is 53.2. The highest BCUT2D eigenvalue weighted by atomic mass is 35.5. The van der Waals surface area contributed by atoms with Crippen LogP contribution in [0.5, 0.6) is 0 Å². The number of hydrogen-bond acceptors (Lipinski definition) is 8. The molecule has 0 atom stereocenters. The SMILES string of the molecule is CC(C)c1ccccc1Cl.CC(CC(C)C)=C(Cl)Cl.COP(=S)(OC)C(C)C.Cc1cc(C)c(S(=O)(=O)C(C)C)c(C)c1.Cc1nnc(C(C)C)s1. The third kappa shape index (κ3) is 20.2. The van der Waals surface area contributed by atoms with Crippen LogP contribution in [0.2, 0.25) is 5.02 Å². The predicted octanol–water partition coefficient (Wildman–Crippen LogP) is 14.0. The van der Waals surface area contributed by atoms with Crippen LogP contribution in [-0.4, -0.2) is 43.7 Å². The van der Waals surface area contributed by atoms with E-state index in [2.05, 4.69) is 57.8 Å². The van der Waals surface area contributed by atoms with Crippen molar-refractivity contribution < 1.29 is 17.5 Å². The summed E-state index contributed by atoms with van der Waals surface area (Å²) in [7, 11) is 0.0479. The van der Waals surface area contributed by atoms with Crippen molar-refractivity contribution in [2.24, 2.45) is 5.92 Å². The molecule has 3 aromatic rings. The highest BCUT2D eigenvalue weighted by molar-refractivity contribution is 8.10. The number of nitrogens with zero attached hydrogens (tertiary/aromatic N) is 2. The summed E-state index contributed by atoms with van der Waals surface area (Å²) in [5.74, 6) is 1.68. The summed E-state index contributed by atoms with van der Waals surface area (Å²) in [5.41, 5.74) is 5.41. The van der Waals surface area contributed by atoms with Gasteiger partial charge < -0.3 is 9.05 Å². The third-order valence-electron chi connectivity index (χ3n) is 7.25. The van der Waals surface area contributed by atoms with Gasteiger partial charge >= 0.3 is 0 Å². The standard InChI is InChI=1S/C12H18O2S.C9H11Cl.C7H12Cl2.C6H10N2S.C5H13O2PS/c1-8(2)15(13,14)12-10(4)6-9(3)7-11(12)5;1-7(2)8-5-3-4-6-9(8)10;1-5(2)4-6(3)7(8)9;1-4(2)6-8-7-5(3)9-6;1-5(2)8(9,6-3)7-4/h6-8H,1-5H3;3-7H,1-2H3;5H,4H2,1-3H3;4H,1-3H3;5H,1-4H3. The van der Waals surface area contributed by atoms with Crippen LogP contribution in [0.1, 0.15) is 127 Å². The number of allylic oxidation sites excluding steroid dienone is 1. The van der Waals surface area contributed by atoms with Gasteiger partial charge in [0.1, 0.15) is 14.5 Å². The molecule has 0 aliphatic heterocycles. The zero-order chi connectivity index (χ0) is 41.1. The quantitative estimate of drug-likeness (QED) is 0.198. The molecule has 0 fully saturated rings. The van der Waals surface area contributed by atoms with Crippen molar-refractivity contribution in [3.63, 3.8) is 0 Å². The minimum absolute atomic E-state index is 0.308. The van der Waals surface area contributed by atoms with Crippen molar-refractivity contribution in [3.05, 3.63) is 83.8 Å². The van der Waals surface area contributed by atoms with Gasteiger partial charge in [0.2, 0.25) is 0 Å². The molecule has 0 aliphatic rings. The van der Waals surface area contributed by atoms with Crippen LogP contribution in [-0.2, 0) is 30.7 Å². The van der Waals surface area contributed by atoms with E-state index >= 15 is 0 Å². The van der Waals surface area contributed by atoms with E-state index in [-0.39, 0.29) is 5.25 Å². The number of benzene rings is 2. The number of aromatic nitrogens is 2. The van der Waals surface area contributed by atoms with Crippen LogP contribution in [0.4, 0.5) is 0 Å². The van der Waals surface area contributed by atoms with E-state index in [1.807, 2.05) is 78.8 Å². The molecule has 298 valence electrons. The van der Waals surface area contributed by atoms with Crippen LogP contribution in [0.15, 0.2) is 51.4 Å². The van der Waals surface area contributed by atoms with E-state index in [9.17, 15) is 8.42 Å². The van der Waals surface area contributed by atoms with Gasteiger partial charge in [-0.1, -0.05) is 126 Å². The summed E-state index contributed by atoms with van der Waals surface area (Å²) in [6, 6.07) is 11.8. The Morgan fingerprint density at radius 2 is 1.33 bits per heavy atom. The molecule has 1 heterocycles. The number of sulfone groups is 1. The Hall–Kier alpha value is -0.870. The minimum Gasteiger partial charge on any atom is -0.332 e. The first-order valence-electron chi connectivity index (χ1n) is 17.4. The van der Waals surface area contributed by atoms with Gasteiger partial charge in [0.25, 0.3) is 0 Å². The molecule has 0 spiro atoms. The fourth-order valence-electron chi connectivity index (χ4n) is 4.53. The summed E-state index contributed by atoms with van der Waals surface area (Å²) in [6.07, 6.45) is 0.988. The van der Waals surface area contributed by atoms with Gasteiger partial charge in [0.05, 0.1) is 10.1 Å². The molecule has 52 heavy (non-hydrogen) atoms. The molecule has 0 saturated carbocycles. The molecule has 0 amide bonds. The maximum absolute atomic E-state index is 12.1. The summed E-state index contributed by atoms with van der Waals surface area (Å²) in [6.45, 7) is 28.0. The van der Waals surface area contributed by atoms with E-state index in [1.165, 1.54) is 5.56 Å². The number of hydrogen-bond donors (Lipinski definition) is 0. The van der Waals surface area contributed by atoms with Gasteiger partial charge in [-0.3, -0.25) is 0 Å². The van der Waals surface area contributed by atoms with E-state index in [0.29, 0.717) is 32.8 Å². The zero-order valence-corrected chi connectivity index (χ0v) is 40.0. The topological polar surface area (TPSA) is 78.4 Å². The van der Waals surface area contributed by atoms with E-state index in [4.69, 9.17) is 55.7 Å². The maximum atomic E-state index is 12.1. The van der Waals surface area contributed by atoms with Crippen LogP contribution < -0.4 is 0 Å². The van der Waals surface area contributed by atoms with Gasteiger partial charge in [-0.25, -0.2) is 8.42 Å². The average Bonchev–Trinajstić information content (AvgIpc) is 3.47. The Morgan fingerprint density at radius 1 is 0.846 bits per heavy atom. The third-order valence-corrected chi connectivity index (χ3v) is 16.3. The van der Waals surface area contributed by atoms with Gasteiger partial charge in [0, 0.05) is 30.8 Å². The zero-order valence-electron chi connectivity index (χ0n) is 34.4. The molecule has 2 aromatic carbocycles. The molecule has 0 N–H and O–H groups in total. The molecule has 0 unspecified atom stereocenters. The molecule has 6 nitrogen and oxygen atoms in total. The first-order chi connectivity index (χ1) is 23.8. The van der Waals surface area contributed by atoms with Crippen LogP contribution in [0.25, 0.3) is 0 Å². The predicted molar refractivity (Wildman–Crippen MR) is 235 cm³/mol. The molecular weight excluding hydrogens is 794 g/mol. The van der Waals surface area contributed by atoms with Crippen molar-refractivity contribution in [1.29, 1.82) is 0 Å². The van der Waals surface area contributed by atoms with Crippen molar-refractivity contribution in [1.82, 2.24) is 10.2 Å². The fraction of sp³-hybridized carbons (Fsp3) is 0.590. The summed E-state index contributed by atoms with van der Waals surface area (Å²) >= 11 is 23.7. The number of halogens is 3. The average molecular weight is 858 g/mol. The lowest BCUT2D eigenvalue weighted by Gasteiger charge is -2.20. The summed E-state index contributed by atoms with van der Waals surface area (Å²) in [4.78, 5) is 0.503. The molecule has 1 aromatic heterocycles. The minimum atomic E-state index is -3.15. The molecule has 0 bridgehead atoms. The fourth-order valence-corrected chi connectivity index (χ4v) is 8.21. The van der Waals surface area contributed by atoms with Gasteiger partial charge in [-0.15, -0.1) is 21.5 Å². The maximum Gasteiger partial charge on any atom is 0.190 e. The number of aryl methyl sites for hydroxylation is 4. The molecule has 0 aliphatic carbocycles. The van der Waals surface area contributed by atoms with Crippen molar-refractivity contribution in [2.45, 2.75) is 138 Å². The first-order valence-corrected chi connectivity index (χ1v) is 23.6. The second-order valence-electron chi connectivity index (χ2n) is 13.9. The second kappa shape index (κ2) is 26.1. The molecular formula is C39H64Cl3N2O4PS3. The van der Waals surface area contributed by atoms with E-state index in [1.54, 1.807) is 39.4 Å². The van der Waals surface area contributed by atoms with E-state index in [0.717, 1.165) is 43.7 Å². The summed E-state index contributed by atoms with van der Waals surface area (Å²) < 4.78 is 34.7. The van der Waals surface area contributed by atoms with Gasteiger partial charge in [-0.2, -0.15) is 0 Å². The smallest absolute Gasteiger partial charge is 0.190 e. The molecule has 0 saturated heterocycles. The van der Waals surface area contributed by atoms with E-state index < -0.39 is 16.3 Å². The molecule has 3 rings (SSSR count). The Bertz CT molecular complexity index is 1640. The Morgan fingerprint density at radius 3 is 1.56 bits per heavy atom. The largest absolute Gasteiger partial charge is 0.332 e. The lowest BCUT2D eigenvalue weighted by Crippen LogP contribution is -2.16. The molecule has 0 radical (unpaired) electrons. The lowest BCUT2D eigenvalue weighted by atomic mass is 10.0. The summed E-state index contributed by atoms with van der Waals surface area (Å²) in [5, 5.41) is 10.6. The van der Waals surface area contributed by atoms with Crippen LogP contribution in [0, 0.1) is 33.6 Å². The highest BCUT2D eigenvalue weighted by Gasteiger charge is 2.23. The highest BCUT2D eigenvalue weighted by Crippen LogP contribution is 2.51. The van der Waals surface area contributed by atoms with Crippen LogP contribution >= 0.6 is 52.6 Å². The Balaban J connectivity index is 0. The van der Waals surface area contributed by atoms with Crippen LogP contribution in [0.3, 0.4) is 0 Å². The van der Waals surface area contributed by atoms with Crippen molar-refractivity contribution in [2.75, 3.05) is 14.2 Å². The number of rotatable bonds is 9. The molecule has 13 heteroatoms. The van der Waals surface area contributed by atoms with Gasteiger partial charge in [0.15, 0.2) is 16.3 Å². The lowest BCUT2D eigenvalue weighted by molar-refractivity contribution is 0.331.